The highest BCUT2D eigenvalue weighted by atomic mass is 16.4. The van der Waals surface area contributed by atoms with Crippen LogP contribution in [0.5, 0.6) is 0 Å². The van der Waals surface area contributed by atoms with Gasteiger partial charge in [0.05, 0.1) is 5.41 Å². The fourth-order valence-electron chi connectivity index (χ4n) is 2.70. The van der Waals surface area contributed by atoms with Crippen LogP contribution in [-0.2, 0) is 4.79 Å². The molecule has 0 spiro atoms. The summed E-state index contributed by atoms with van der Waals surface area (Å²) in [5.74, 6) is -0.619. The van der Waals surface area contributed by atoms with Crippen LogP contribution < -0.4 is 5.73 Å². The van der Waals surface area contributed by atoms with Gasteiger partial charge in [0.2, 0.25) is 0 Å². The van der Waals surface area contributed by atoms with Crippen molar-refractivity contribution >= 4 is 5.97 Å². The van der Waals surface area contributed by atoms with Crippen molar-refractivity contribution in [3.8, 4) is 0 Å². The lowest BCUT2D eigenvalue weighted by molar-refractivity contribution is -0.153. The summed E-state index contributed by atoms with van der Waals surface area (Å²) in [4.78, 5) is 13.7. The van der Waals surface area contributed by atoms with Gasteiger partial charge in [-0.3, -0.25) is 4.79 Å². The second-order valence-electron chi connectivity index (χ2n) is 4.86. The monoisotopic (exact) mass is 228 g/mol. The minimum atomic E-state index is -0.619. The Labute approximate surface area is 97.8 Å². The molecule has 0 aliphatic carbocycles. The number of nitrogens with zero attached hydrogens (tertiary/aromatic N) is 1. The number of nitrogens with two attached hydrogens (primary N) is 1. The number of hydrogen-bond acceptors (Lipinski definition) is 3. The van der Waals surface area contributed by atoms with Gasteiger partial charge in [-0.25, -0.2) is 0 Å². The average Bonchev–Trinajstić information content (AvgIpc) is 2.27. The SMILES string of the molecule is CCCC1(C(=O)O)CCCN(CCCN)C1. The maximum Gasteiger partial charge on any atom is 0.310 e. The molecule has 1 saturated heterocycles. The standard InChI is InChI=1S/C12H24N2O2/c1-2-5-12(11(15)16)6-3-8-14(10-12)9-4-7-13/h2-10,13H2,1H3,(H,15,16). The number of piperidine rings is 1. The molecule has 1 rings (SSSR count). The van der Waals surface area contributed by atoms with Gasteiger partial charge in [0, 0.05) is 6.54 Å². The zero-order valence-electron chi connectivity index (χ0n) is 10.2. The molecule has 0 amide bonds. The lowest BCUT2D eigenvalue weighted by Gasteiger charge is -2.40. The van der Waals surface area contributed by atoms with Gasteiger partial charge in [0.1, 0.15) is 0 Å². The smallest absolute Gasteiger partial charge is 0.310 e. The van der Waals surface area contributed by atoms with Crippen LogP contribution in [0.15, 0.2) is 0 Å². The van der Waals surface area contributed by atoms with Crippen molar-refractivity contribution < 1.29 is 9.90 Å². The first-order chi connectivity index (χ1) is 7.64. The Morgan fingerprint density at radius 1 is 1.56 bits per heavy atom. The molecule has 0 aromatic rings. The first-order valence-electron chi connectivity index (χ1n) is 6.30. The van der Waals surface area contributed by atoms with E-state index < -0.39 is 11.4 Å². The topological polar surface area (TPSA) is 66.6 Å². The van der Waals surface area contributed by atoms with Crippen LogP contribution in [0.4, 0.5) is 0 Å². The molecule has 1 heterocycles. The summed E-state index contributed by atoms with van der Waals surface area (Å²) in [6.45, 7) is 5.41. The summed E-state index contributed by atoms with van der Waals surface area (Å²) >= 11 is 0. The molecule has 94 valence electrons. The number of hydrogen-bond donors (Lipinski definition) is 2. The van der Waals surface area contributed by atoms with Gasteiger partial charge in [-0.15, -0.1) is 0 Å². The van der Waals surface area contributed by atoms with Crippen molar-refractivity contribution in [2.45, 2.75) is 39.0 Å². The van der Waals surface area contributed by atoms with Crippen molar-refractivity contribution in [3.05, 3.63) is 0 Å². The third-order valence-corrected chi connectivity index (χ3v) is 3.52. The summed E-state index contributed by atoms with van der Waals surface area (Å²) in [5.41, 5.74) is 4.99. The van der Waals surface area contributed by atoms with E-state index in [1.165, 1.54) is 0 Å². The third-order valence-electron chi connectivity index (χ3n) is 3.52. The Morgan fingerprint density at radius 3 is 2.88 bits per heavy atom. The molecule has 3 N–H and O–H groups in total. The molecular weight excluding hydrogens is 204 g/mol. The van der Waals surface area contributed by atoms with Crippen LogP contribution in [0.25, 0.3) is 0 Å². The van der Waals surface area contributed by atoms with Gasteiger partial charge < -0.3 is 15.7 Å². The van der Waals surface area contributed by atoms with Crippen LogP contribution in [0.3, 0.4) is 0 Å². The maximum atomic E-state index is 11.4. The van der Waals surface area contributed by atoms with Crippen LogP contribution >= 0.6 is 0 Å². The van der Waals surface area contributed by atoms with Gasteiger partial charge in [0.25, 0.3) is 0 Å². The molecule has 1 fully saturated rings. The molecule has 4 heteroatoms. The molecule has 1 aliphatic heterocycles. The lowest BCUT2D eigenvalue weighted by Crippen LogP contribution is -2.48. The number of carboxylic acid groups (broad SMARTS) is 1. The molecule has 0 aromatic carbocycles. The van der Waals surface area contributed by atoms with Gasteiger partial charge in [-0.2, -0.15) is 0 Å². The van der Waals surface area contributed by atoms with E-state index in [0.29, 0.717) is 13.1 Å². The summed E-state index contributed by atoms with van der Waals surface area (Å²) in [6, 6.07) is 0. The number of carboxylic acids is 1. The molecule has 0 radical (unpaired) electrons. The van der Waals surface area contributed by atoms with Crippen LogP contribution in [0.1, 0.15) is 39.0 Å². The van der Waals surface area contributed by atoms with E-state index in [0.717, 1.165) is 45.2 Å². The minimum Gasteiger partial charge on any atom is -0.481 e. The summed E-state index contributed by atoms with van der Waals surface area (Å²) in [5, 5.41) is 9.41. The summed E-state index contributed by atoms with van der Waals surface area (Å²) in [6.07, 6.45) is 4.52. The minimum absolute atomic E-state index is 0.498. The molecule has 0 aromatic heterocycles. The van der Waals surface area contributed by atoms with Crippen molar-refractivity contribution in [3.63, 3.8) is 0 Å². The van der Waals surface area contributed by atoms with E-state index in [2.05, 4.69) is 11.8 Å². The second kappa shape index (κ2) is 6.21. The zero-order valence-corrected chi connectivity index (χ0v) is 10.2. The molecule has 1 atom stereocenters. The van der Waals surface area contributed by atoms with Gasteiger partial charge in [-0.05, 0) is 45.3 Å². The predicted molar refractivity (Wildman–Crippen MR) is 64.3 cm³/mol. The first-order valence-corrected chi connectivity index (χ1v) is 6.30. The largest absolute Gasteiger partial charge is 0.481 e. The van der Waals surface area contributed by atoms with Crippen molar-refractivity contribution in [1.29, 1.82) is 0 Å². The lowest BCUT2D eigenvalue weighted by atomic mass is 9.76. The average molecular weight is 228 g/mol. The Kier molecular flexibility index (Phi) is 5.22. The van der Waals surface area contributed by atoms with Crippen molar-refractivity contribution in [1.82, 2.24) is 4.90 Å². The fraction of sp³-hybridized carbons (Fsp3) is 0.917. The Balaban J connectivity index is 2.60. The van der Waals surface area contributed by atoms with E-state index in [1.54, 1.807) is 0 Å². The van der Waals surface area contributed by atoms with E-state index >= 15 is 0 Å². The summed E-state index contributed by atoms with van der Waals surface area (Å²) in [7, 11) is 0. The molecule has 16 heavy (non-hydrogen) atoms. The number of rotatable bonds is 6. The normalized spacial score (nSPS) is 26.9. The van der Waals surface area contributed by atoms with Crippen LogP contribution in [0.2, 0.25) is 0 Å². The van der Waals surface area contributed by atoms with Crippen LogP contribution in [-0.4, -0.2) is 42.2 Å². The Morgan fingerprint density at radius 2 is 2.31 bits per heavy atom. The maximum absolute atomic E-state index is 11.4. The van der Waals surface area contributed by atoms with Crippen molar-refractivity contribution in [2.24, 2.45) is 11.1 Å². The molecule has 4 nitrogen and oxygen atoms in total. The number of aliphatic carboxylic acids is 1. The quantitative estimate of drug-likeness (QED) is 0.719. The molecule has 1 unspecified atom stereocenters. The van der Waals surface area contributed by atoms with Gasteiger partial charge in [0.15, 0.2) is 0 Å². The van der Waals surface area contributed by atoms with Crippen molar-refractivity contribution in [2.75, 3.05) is 26.2 Å². The van der Waals surface area contributed by atoms with E-state index in [9.17, 15) is 9.90 Å². The van der Waals surface area contributed by atoms with Gasteiger partial charge >= 0.3 is 5.97 Å². The number of likely N-dealkylation sites (tertiary alicyclic amines) is 1. The van der Waals surface area contributed by atoms with E-state index in [4.69, 9.17) is 5.73 Å². The van der Waals surface area contributed by atoms with E-state index in [-0.39, 0.29) is 0 Å². The van der Waals surface area contributed by atoms with E-state index in [1.807, 2.05) is 0 Å². The zero-order chi connectivity index (χ0) is 12.0. The summed E-state index contributed by atoms with van der Waals surface area (Å²) < 4.78 is 0. The molecule has 1 aliphatic rings. The second-order valence-corrected chi connectivity index (χ2v) is 4.86. The highest BCUT2D eigenvalue weighted by molar-refractivity contribution is 5.75. The highest BCUT2D eigenvalue weighted by Crippen LogP contribution is 2.34. The predicted octanol–water partition coefficient (Wildman–Crippen LogP) is 1.30. The Bertz CT molecular complexity index is 229. The third kappa shape index (κ3) is 3.19. The fourth-order valence-corrected chi connectivity index (χ4v) is 2.70. The van der Waals surface area contributed by atoms with Gasteiger partial charge in [-0.1, -0.05) is 13.3 Å². The number of carbonyl (C=O) groups is 1. The highest BCUT2D eigenvalue weighted by Gasteiger charge is 2.41. The molecule has 0 saturated carbocycles. The first kappa shape index (κ1) is 13.5. The molecule has 0 bridgehead atoms. The Hall–Kier alpha value is -0.610. The molecular formula is C12H24N2O2. The van der Waals surface area contributed by atoms with Crippen LogP contribution in [0, 0.1) is 5.41 Å².